The van der Waals surface area contributed by atoms with E-state index in [0.29, 0.717) is 6.54 Å². The Morgan fingerprint density at radius 1 is 1.24 bits per heavy atom. The van der Waals surface area contributed by atoms with Crippen molar-refractivity contribution in [2.45, 2.75) is 19.5 Å². The van der Waals surface area contributed by atoms with Gasteiger partial charge in [-0.1, -0.05) is 36.4 Å². The van der Waals surface area contributed by atoms with E-state index in [9.17, 15) is 9.90 Å². The number of nitrogens with one attached hydrogen (secondary N) is 2. The fourth-order valence-electron chi connectivity index (χ4n) is 1.91. The van der Waals surface area contributed by atoms with E-state index >= 15 is 0 Å². The molecule has 0 radical (unpaired) electrons. The molecule has 1 unspecified atom stereocenters. The molecular formula is C16H19N3O2. The molecule has 1 aromatic heterocycles. The number of amides is 2. The highest BCUT2D eigenvalue weighted by molar-refractivity contribution is 5.74. The predicted octanol–water partition coefficient (Wildman–Crippen LogP) is 1.92. The lowest BCUT2D eigenvalue weighted by Crippen LogP contribution is -2.38. The second-order valence-electron chi connectivity index (χ2n) is 4.78. The molecule has 0 fully saturated rings. The Balaban J connectivity index is 1.87. The zero-order valence-corrected chi connectivity index (χ0v) is 11.9. The van der Waals surface area contributed by atoms with Crippen LogP contribution in [0, 0.1) is 6.92 Å². The molecule has 0 spiro atoms. The van der Waals surface area contributed by atoms with Gasteiger partial charge >= 0.3 is 6.03 Å². The standard InChI is InChI=1S/C16H19N3O2/c1-12-7-8-13(9-17-12)10-18-16(21)19-15(11-20)14-5-3-2-4-6-14/h2-9,15,20H,10-11H2,1H3,(H2,18,19,21). The number of carbonyl (C=O) groups is 1. The molecule has 2 rings (SSSR count). The van der Waals surface area contributed by atoms with E-state index in [0.717, 1.165) is 16.8 Å². The molecule has 0 aliphatic heterocycles. The van der Waals surface area contributed by atoms with Gasteiger partial charge in [-0.05, 0) is 24.1 Å². The first kappa shape index (κ1) is 15.0. The second kappa shape index (κ2) is 7.40. The maximum absolute atomic E-state index is 11.9. The fraction of sp³-hybridized carbons (Fsp3) is 0.250. The molecule has 5 nitrogen and oxygen atoms in total. The van der Waals surface area contributed by atoms with Gasteiger partial charge in [0.05, 0.1) is 12.6 Å². The predicted molar refractivity (Wildman–Crippen MR) is 80.6 cm³/mol. The average Bonchev–Trinajstić information content (AvgIpc) is 2.53. The molecular weight excluding hydrogens is 266 g/mol. The van der Waals surface area contributed by atoms with E-state index in [1.54, 1.807) is 6.20 Å². The Morgan fingerprint density at radius 3 is 2.62 bits per heavy atom. The summed E-state index contributed by atoms with van der Waals surface area (Å²) in [5.41, 5.74) is 2.73. The summed E-state index contributed by atoms with van der Waals surface area (Å²) in [7, 11) is 0. The van der Waals surface area contributed by atoms with Crippen LogP contribution in [0.15, 0.2) is 48.7 Å². The zero-order chi connectivity index (χ0) is 15.1. The van der Waals surface area contributed by atoms with Crippen molar-refractivity contribution >= 4 is 6.03 Å². The van der Waals surface area contributed by atoms with Gasteiger partial charge in [0.2, 0.25) is 0 Å². The second-order valence-corrected chi connectivity index (χ2v) is 4.78. The number of aromatic nitrogens is 1. The summed E-state index contributed by atoms with van der Waals surface area (Å²) in [6.45, 7) is 2.16. The highest BCUT2D eigenvalue weighted by atomic mass is 16.3. The van der Waals surface area contributed by atoms with Crippen molar-refractivity contribution in [3.8, 4) is 0 Å². The van der Waals surface area contributed by atoms with Crippen molar-refractivity contribution in [2.75, 3.05) is 6.61 Å². The Hall–Kier alpha value is -2.40. The van der Waals surface area contributed by atoms with Gasteiger partial charge in [-0.25, -0.2) is 4.79 Å². The Kier molecular flexibility index (Phi) is 5.29. The van der Waals surface area contributed by atoms with Crippen molar-refractivity contribution < 1.29 is 9.90 Å². The summed E-state index contributed by atoms with van der Waals surface area (Å²) in [5, 5.41) is 14.9. The van der Waals surface area contributed by atoms with Crippen LogP contribution < -0.4 is 10.6 Å². The number of hydrogen-bond acceptors (Lipinski definition) is 3. The first-order valence-corrected chi connectivity index (χ1v) is 6.80. The van der Waals surface area contributed by atoms with Crippen LogP contribution >= 0.6 is 0 Å². The van der Waals surface area contributed by atoms with Crippen LogP contribution in [0.1, 0.15) is 22.9 Å². The van der Waals surface area contributed by atoms with Crippen molar-refractivity contribution in [3.05, 3.63) is 65.5 Å². The summed E-state index contributed by atoms with van der Waals surface area (Å²) in [6.07, 6.45) is 1.73. The molecule has 3 N–H and O–H groups in total. The lowest BCUT2D eigenvalue weighted by atomic mass is 10.1. The van der Waals surface area contributed by atoms with Gasteiger partial charge in [0.15, 0.2) is 0 Å². The van der Waals surface area contributed by atoms with Gasteiger partial charge in [0.25, 0.3) is 0 Å². The smallest absolute Gasteiger partial charge is 0.315 e. The minimum atomic E-state index is -0.414. The molecule has 0 aliphatic rings. The van der Waals surface area contributed by atoms with E-state index in [-0.39, 0.29) is 12.6 Å². The lowest BCUT2D eigenvalue weighted by Gasteiger charge is -2.17. The summed E-state index contributed by atoms with van der Waals surface area (Å²) >= 11 is 0. The molecule has 21 heavy (non-hydrogen) atoms. The topological polar surface area (TPSA) is 74.2 Å². The molecule has 5 heteroatoms. The van der Waals surface area contributed by atoms with Crippen LogP contribution in [-0.2, 0) is 6.54 Å². The molecule has 110 valence electrons. The van der Waals surface area contributed by atoms with Crippen LogP contribution in [0.4, 0.5) is 4.79 Å². The van der Waals surface area contributed by atoms with Crippen LogP contribution in [0.3, 0.4) is 0 Å². The molecule has 0 aliphatic carbocycles. The van der Waals surface area contributed by atoms with Crippen LogP contribution in [-0.4, -0.2) is 22.7 Å². The van der Waals surface area contributed by atoms with Crippen LogP contribution in [0.2, 0.25) is 0 Å². The first-order chi connectivity index (χ1) is 10.2. The number of rotatable bonds is 5. The third-order valence-corrected chi connectivity index (χ3v) is 3.12. The largest absolute Gasteiger partial charge is 0.394 e. The highest BCUT2D eigenvalue weighted by Gasteiger charge is 2.12. The Morgan fingerprint density at radius 2 is 2.00 bits per heavy atom. The van der Waals surface area contributed by atoms with Gasteiger partial charge in [-0.3, -0.25) is 4.98 Å². The summed E-state index contributed by atoms with van der Waals surface area (Å²) in [4.78, 5) is 16.0. The molecule has 2 amide bonds. The van der Waals surface area contributed by atoms with Crippen LogP contribution in [0.25, 0.3) is 0 Å². The summed E-state index contributed by atoms with van der Waals surface area (Å²) < 4.78 is 0. The highest BCUT2D eigenvalue weighted by Crippen LogP contribution is 2.11. The normalized spacial score (nSPS) is 11.7. The van der Waals surface area contributed by atoms with Crippen LogP contribution in [0.5, 0.6) is 0 Å². The van der Waals surface area contributed by atoms with Gasteiger partial charge in [0.1, 0.15) is 0 Å². The minimum Gasteiger partial charge on any atom is -0.394 e. The number of benzene rings is 1. The maximum atomic E-state index is 11.9. The number of nitrogens with zero attached hydrogens (tertiary/aromatic N) is 1. The zero-order valence-electron chi connectivity index (χ0n) is 11.9. The van der Waals surface area contributed by atoms with Gasteiger partial charge in [-0.2, -0.15) is 0 Å². The Labute approximate surface area is 124 Å². The molecule has 1 heterocycles. The van der Waals surface area contributed by atoms with E-state index in [2.05, 4.69) is 15.6 Å². The molecule has 0 saturated heterocycles. The third kappa shape index (κ3) is 4.57. The summed E-state index contributed by atoms with van der Waals surface area (Å²) in [5.74, 6) is 0. The number of carbonyl (C=O) groups excluding carboxylic acids is 1. The summed E-state index contributed by atoms with van der Waals surface area (Å²) in [6, 6.07) is 12.4. The van der Waals surface area contributed by atoms with Crippen molar-refractivity contribution in [1.29, 1.82) is 0 Å². The SMILES string of the molecule is Cc1ccc(CNC(=O)NC(CO)c2ccccc2)cn1. The number of urea groups is 1. The number of aliphatic hydroxyl groups is 1. The molecule has 1 atom stereocenters. The van der Waals surface area contributed by atoms with E-state index in [4.69, 9.17) is 0 Å². The molecule has 1 aromatic carbocycles. The van der Waals surface area contributed by atoms with Crippen molar-refractivity contribution in [1.82, 2.24) is 15.6 Å². The number of aryl methyl sites for hydroxylation is 1. The molecule has 0 saturated carbocycles. The Bertz CT molecular complexity index is 570. The van der Waals surface area contributed by atoms with E-state index < -0.39 is 6.04 Å². The van der Waals surface area contributed by atoms with Gasteiger partial charge < -0.3 is 15.7 Å². The van der Waals surface area contributed by atoms with Crippen molar-refractivity contribution in [2.24, 2.45) is 0 Å². The van der Waals surface area contributed by atoms with E-state index in [1.165, 1.54) is 0 Å². The third-order valence-electron chi connectivity index (χ3n) is 3.12. The number of aliphatic hydroxyl groups excluding tert-OH is 1. The molecule has 0 bridgehead atoms. The maximum Gasteiger partial charge on any atom is 0.315 e. The van der Waals surface area contributed by atoms with E-state index in [1.807, 2.05) is 49.4 Å². The number of hydrogen-bond donors (Lipinski definition) is 3. The molecule has 2 aromatic rings. The monoisotopic (exact) mass is 285 g/mol. The number of pyridine rings is 1. The minimum absolute atomic E-state index is 0.149. The first-order valence-electron chi connectivity index (χ1n) is 6.80. The fourth-order valence-corrected chi connectivity index (χ4v) is 1.91. The van der Waals surface area contributed by atoms with Crippen molar-refractivity contribution in [3.63, 3.8) is 0 Å². The lowest BCUT2D eigenvalue weighted by molar-refractivity contribution is 0.216. The average molecular weight is 285 g/mol. The quantitative estimate of drug-likeness (QED) is 0.785. The van der Waals surface area contributed by atoms with Gasteiger partial charge in [-0.15, -0.1) is 0 Å². The van der Waals surface area contributed by atoms with Gasteiger partial charge in [0, 0.05) is 18.4 Å².